The highest BCUT2D eigenvalue weighted by Crippen LogP contribution is 2.25. The molecule has 1 amide bonds. The number of thiazole rings is 1. The predicted octanol–water partition coefficient (Wildman–Crippen LogP) is 2.97. The van der Waals surface area contributed by atoms with Gasteiger partial charge < -0.3 is 9.72 Å². The Morgan fingerprint density at radius 1 is 1.16 bits per heavy atom. The summed E-state index contributed by atoms with van der Waals surface area (Å²) in [5.41, 5.74) is 2.65. The number of nitrogens with zero attached hydrogens (tertiary/aromatic N) is 2. The molecule has 4 rings (SSSR count). The number of hydrogen-bond donors (Lipinski definition) is 2. The van der Waals surface area contributed by atoms with Gasteiger partial charge in [0.1, 0.15) is 0 Å². The van der Waals surface area contributed by atoms with Crippen LogP contribution in [0.2, 0.25) is 0 Å². The largest absolute Gasteiger partial charge is 0.452 e. The zero-order chi connectivity index (χ0) is 17.2. The molecule has 0 saturated heterocycles. The number of carbonyl (C=O) groups excluding carboxylic acids is 2. The summed E-state index contributed by atoms with van der Waals surface area (Å²) in [6, 6.07) is 12.5. The number of carbonyl (C=O) groups is 2. The quantitative estimate of drug-likeness (QED) is 0.550. The van der Waals surface area contributed by atoms with E-state index in [-0.39, 0.29) is 6.61 Å². The smallest absolute Gasteiger partial charge is 0.338 e. The summed E-state index contributed by atoms with van der Waals surface area (Å²) >= 11 is 1.36. The van der Waals surface area contributed by atoms with Crippen molar-refractivity contribution in [2.75, 3.05) is 11.9 Å². The lowest BCUT2D eigenvalue weighted by atomic mass is 10.2. The minimum Gasteiger partial charge on any atom is -0.452 e. The molecule has 2 aromatic heterocycles. The van der Waals surface area contributed by atoms with Crippen molar-refractivity contribution in [3.8, 4) is 0 Å². The first kappa shape index (κ1) is 15.3. The minimum atomic E-state index is -0.573. The van der Waals surface area contributed by atoms with E-state index >= 15 is 0 Å². The second-order valence-corrected chi connectivity index (χ2v) is 6.28. The second kappa shape index (κ2) is 6.33. The fourth-order valence-electron chi connectivity index (χ4n) is 2.36. The van der Waals surface area contributed by atoms with Gasteiger partial charge in [0.2, 0.25) is 0 Å². The molecule has 0 aliphatic heterocycles. The molecule has 8 heteroatoms. The second-order valence-electron chi connectivity index (χ2n) is 5.25. The molecule has 25 heavy (non-hydrogen) atoms. The van der Waals surface area contributed by atoms with Gasteiger partial charge in [0, 0.05) is 0 Å². The number of esters is 1. The van der Waals surface area contributed by atoms with Gasteiger partial charge in [-0.25, -0.2) is 14.8 Å². The van der Waals surface area contributed by atoms with Crippen LogP contribution in [0.3, 0.4) is 0 Å². The Balaban J connectivity index is 1.38. The van der Waals surface area contributed by atoms with Crippen molar-refractivity contribution in [2.45, 2.75) is 0 Å². The molecule has 4 aromatic rings. The van der Waals surface area contributed by atoms with Gasteiger partial charge in [-0.3, -0.25) is 10.1 Å². The zero-order valence-electron chi connectivity index (χ0n) is 12.9. The first-order chi connectivity index (χ1) is 12.2. The van der Waals surface area contributed by atoms with Crippen LogP contribution in [-0.2, 0) is 9.53 Å². The molecule has 0 spiro atoms. The van der Waals surface area contributed by atoms with Crippen LogP contribution in [0, 0.1) is 0 Å². The van der Waals surface area contributed by atoms with Crippen LogP contribution >= 0.6 is 11.3 Å². The van der Waals surface area contributed by atoms with E-state index in [0.29, 0.717) is 10.7 Å². The Bertz CT molecular complexity index is 1050. The van der Waals surface area contributed by atoms with E-state index in [2.05, 4.69) is 20.3 Å². The number of aromatic amines is 1. The molecule has 2 aromatic carbocycles. The summed E-state index contributed by atoms with van der Waals surface area (Å²) in [7, 11) is 0. The molecule has 124 valence electrons. The van der Waals surface area contributed by atoms with Crippen molar-refractivity contribution >= 4 is 49.6 Å². The maximum atomic E-state index is 12.1. The molecule has 2 heterocycles. The first-order valence-corrected chi connectivity index (χ1v) is 8.26. The third-order valence-corrected chi connectivity index (χ3v) is 4.48. The number of amides is 1. The number of aromatic nitrogens is 3. The van der Waals surface area contributed by atoms with Crippen molar-refractivity contribution in [3.63, 3.8) is 0 Å². The summed E-state index contributed by atoms with van der Waals surface area (Å²) in [5, 5.41) is 3.11. The van der Waals surface area contributed by atoms with E-state index in [1.54, 1.807) is 24.5 Å². The van der Waals surface area contributed by atoms with Gasteiger partial charge in [0.05, 0.1) is 33.1 Å². The number of rotatable bonds is 4. The Morgan fingerprint density at radius 3 is 2.92 bits per heavy atom. The van der Waals surface area contributed by atoms with E-state index < -0.39 is 11.9 Å². The number of hydrogen-bond acceptors (Lipinski definition) is 6. The average molecular weight is 352 g/mol. The number of anilines is 1. The molecule has 0 atom stereocenters. The Labute approximate surface area is 145 Å². The molecule has 0 bridgehead atoms. The zero-order valence-corrected chi connectivity index (χ0v) is 13.7. The van der Waals surface area contributed by atoms with Crippen LogP contribution in [0.5, 0.6) is 0 Å². The highest BCUT2D eigenvalue weighted by atomic mass is 32.1. The Morgan fingerprint density at radius 2 is 2.04 bits per heavy atom. The molecule has 0 aliphatic carbocycles. The van der Waals surface area contributed by atoms with Gasteiger partial charge in [-0.05, 0) is 30.3 Å². The number of nitrogens with one attached hydrogen (secondary N) is 2. The summed E-state index contributed by atoms with van der Waals surface area (Å²) in [6.07, 6.45) is 1.55. The van der Waals surface area contributed by atoms with E-state index in [4.69, 9.17) is 4.74 Å². The van der Waals surface area contributed by atoms with E-state index in [1.807, 2.05) is 24.3 Å². The van der Waals surface area contributed by atoms with Gasteiger partial charge in [-0.2, -0.15) is 0 Å². The monoisotopic (exact) mass is 352 g/mol. The van der Waals surface area contributed by atoms with Crippen LogP contribution in [0.1, 0.15) is 10.4 Å². The predicted molar refractivity (Wildman–Crippen MR) is 94.6 cm³/mol. The van der Waals surface area contributed by atoms with Crippen LogP contribution in [0.4, 0.5) is 5.13 Å². The standard InChI is InChI=1S/C17H12N4O3S/c22-15(21-17-20-12-3-1-2-4-14(12)25-17)8-24-16(23)10-5-6-11-13(7-10)19-9-18-11/h1-7,9H,8H2,(H,18,19)(H,20,21,22). The van der Waals surface area contributed by atoms with Crippen LogP contribution < -0.4 is 5.32 Å². The van der Waals surface area contributed by atoms with E-state index in [9.17, 15) is 9.59 Å². The Hall–Kier alpha value is -3.26. The molecule has 0 saturated carbocycles. The van der Waals surface area contributed by atoms with Gasteiger partial charge in [-0.1, -0.05) is 23.5 Å². The van der Waals surface area contributed by atoms with Gasteiger partial charge >= 0.3 is 5.97 Å². The number of H-pyrrole nitrogens is 1. The molecule has 0 radical (unpaired) electrons. The van der Waals surface area contributed by atoms with E-state index in [1.165, 1.54) is 11.3 Å². The lowest BCUT2D eigenvalue weighted by Gasteiger charge is -2.04. The maximum Gasteiger partial charge on any atom is 0.338 e. The van der Waals surface area contributed by atoms with Crippen LogP contribution in [0.15, 0.2) is 48.8 Å². The number of benzene rings is 2. The molecular weight excluding hydrogens is 340 g/mol. The van der Waals surface area contributed by atoms with E-state index in [0.717, 1.165) is 21.3 Å². The van der Waals surface area contributed by atoms with Gasteiger partial charge in [-0.15, -0.1) is 0 Å². The number of para-hydroxylation sites is 1. The third kappa shape index (κ3) is 3.20. The van der Waals surface area contributed by atoms with Crippen molar-refractivity contribution in [1.82, 2.24) is 15.0 Å². The molecular formula is C17H12N4O3S. The number of fused-ring (bicyclic) bond motifs is 2. The normalized spacial score (nSPS) is 10.9. The molecule has 0 aliphatic rings. The number of imidazole rings is 1. The average Bonchev–Trinajstić information content (AvgIpc) is 3.24. The molecule has 7 nitrogen and oxygen atoms in total. The third-order valence-electron chi connectivity index (χ3n) is 3.53. The lowest BCUT2D eigenvalue weighted by molar-refractivity contribution is -0.119. The Kier molecular flexibility index (Phi) is 3.87. The highest BCUT2D eigenvalue weighted by Gasteiger charge is 2.13. The lowest BCUT2D eigenvalue weighted by Crippen LogP contribution is -2.20. The maximum absolute atomic E-state index is 12.1. The fourth-order valence-corrected chi connectivity index (χ4v) is 3.24. The minimum absolute atomic E-state index is 0.351. The van der Waals surface area contributed by atoms with Crippen LogP contribution in [0.25, 0.3) is 21.3 Å². The first-order valence-electron chi connectivity index (χ1n) is 7.45. The summed E-state index contributed by atoms with van der Waals surface area (Å²) in [5.74, 6) is -1.01. The molecule has 0 fully saturated rings. The van der Waals surface area contributed by atoms with Crippen molar-refractivity contribution in [3.05, 3.63) is 54.4 Å². The van der Waals surface area contributed by atoms with Gasteiger partial charge in [0.25, 0.3) is 5.91 Å². The van der Waals surface area contributed by atoms with Crippen molar-refractivity contribution in [1.29, 1.82) is 0 Å². The fraction of sp³-hybridized carbons (Fsp3) is 0.0588. The molecule has 2 N–H and O–H groups in total. The van der Waals surface area contributed by atoms with Crippen molar-refractivity contribution < 1.29 is 14.3 Å². The van der Waals surface area contributed by atoms with Crippen LogP contribution in [-0.4, -0.2) is 33.4 Å². The SMILES string of the molecule is O=C(COC(=O)c1ccc2nc[nH]c2c1)Nc1nc2ccccc2s1. The van der Waals surface area contributed by atoms with Gasteiger partial charge in [0.15, 0.2) is 11.7 Å². The molecule has 0 unspecified atom stereocenters. The topological polar surface area (TPSA) is 97.0 Å². The highest BCUT2D eigenvalue weighted by molar-refractivity contribution is 7.22. The number of ether oxygens (including phenoxy) is 1. The summed E-state index contributed by atoms with van der Waals surface area (Å²) in [6.45, 7) is -0.379. The summed E-state index contributed by atoms with van der Waals surface area (Å²) in [4.78, 5) is 35.3. The van der Waals surface area contributed by atoms with Crippen molar-refractivity contribution in [2.24, 2.45) is 0 Å². The summed E-state index contributed by atoms with van der Waals surface area (Å²) < 4.78 is 6.03.